The van der Waals surface area contributed by atoms with E-state index in [1.807, 2.05) is 0 Å². The highest BCUT2D eigenvalue weighted by Crippen LogP contribution is 2.45. The van der Waals surface area contributed by atoms with Crippen molar-refractivity contribution >= 4 is 71.2 Å². The lowest BCUT2D eigenvalue weighted by molar-refractivity contribution is 1.20. The first kappa shape index (κ1) is 32.0. The van der Waals surface area contributed by atoms with Crippen LogP contribution >= 0.6 is 0 Å². The fourth-order valence-corrected chi connectivity index (χ4v) is 8.92. The van der Waals surface area contributed by atoms with E-state index in [-0.39, 0.29) is 0 Å². The van der Waals surface area contributed by atoms with Gasteiger partial charge in [-0.2, -0.15) is 0 Å². The van der Waals surface area contributed by atoms with E-state index in [1.54, 1.807) is 0 Å². The summed E-state index contributed by atoms with van der Waals surface area (Å²) in [5.74, 6) is 0. The second kappa shape index (κ2) is 13.2. The zero-order valence-electron chi connectivity index (χ0n) is 30.7. The molecule has 2 nitrogen and oxygen atoms in total. The molecule has 1 aromatic heterocycles. The van der Waals surface area contributed by atoms with Crippen molar-refractivity contribution in [1.82, 2.24) is 4.57 Å². The smallest absolute Gasteiger partial charge is 0.0542 e. The van der Waals surface area contributed by atoms with Crippen LogP contribution in [0.1, 0.15) is 0 Å². The molecule has 0 aliphatic heterocycles. The van der Waals surface area contributed by atoms with Crippen LogP contribution < -0.4 is 4.90 Å². The Kier molecular flexibility index (Phi) is 7.53. The van der Waals surface area contributed by atoms with Crippen LogP contribution in [0.4, 0.5) is 17.1 Å². The minimum Gasteiger partial charge on any atom is -0.310 e. The number of fused-ring (bicyclic) bond motifs is 6. The minimum absolute atomic E-state index is 1.10. The average molecular weight is 713 g/mol. The topological polar surface area (TPSA) is 8.17 Å². The van der Waals surface area contributed by atoms with E-state index in [9.17, 15) is 0 Å². The van der Waals surface area contributed by atoms with Crippen molar-refractivity contribution in [3.05, 3.63) is 218 Å². The van der Waals surface area contributed by atoms with Crippen LogP contribution in [0.5, 0.6) is 0 Å². The second-order valence-corrected chi connectivity index (χ2v) is 14.5. The van der Waals surface area contributed by atoms with Crippen molar-refractivity contribution < 1.29 is 0 Å². The highest BCUT2D eigenvalue weighted by molar-refractivity contribution is 6.21. The summed E-state index contributed by atoms with van der Waals surface area (Å²) in [6.07, 6.45) is 0. The lowest BCUT2D eigenvalue weighted by Gasteiger charge is -2.26. The molecule has 0 aliphatic carbocycles. The Bertz CT molecular complexity index is 3170. The fraction of sp³-hybridized carbons (Fsp3) is 0. The molecule has 262 valence electrons. The van der Waals surface area contributed by atoms with Gasteiger partial charge in [0.15, 0.2) is 0 Å². The molecule has 0 aliphatic rings. The molecule has 2 heteroatoms. The first-order chi connectivity index (χ1) is 27.8. The Hall–Kier alpha value is -7.42. The molecule has 0 radical (unpaired) electrons. The summed E-state index contributed by atoms with van der Waals surface area (Å²) < 4.78 is 2.43. The van der Waals surface area contributed by atoms with Gasteiger partial charge in [-0.05, 0) is 104 Å². The highest BCUT2D eigenvalue weighted by Gasteiger charge is 2.20. The van der Waals surface area contributed by atoms with Crippen molar-refractivity contribution in [2.75, 3.05) is 4.90 Å². The number of anilines is 3. The summed E-state index contributed by atoms with van der Waals surface area (Å²) in [6, 6.07) is 79.4. The zero-order chi connectivity index (χ0) is 37.0. The van der Waals surface area contributed by atoms with Crippen LogP contribution in [0.2, 0.25) is 0 Å². The van der Waals surface area contributed by atoms with Gasteiger partial charge in [0.05, 0.1) is 16.7 Å². The molecular formula is C54H36N2. The molecule has 1 heterocycles. The molecule has 0 atom stereocenters. The van der Waals surface area contributed by atoms with Gasteiger partial charge < -0.3 is 9.47 Å². The largest absolute Gasteiger partial charge is 0.310 e. The van der Waals surface area contributed by atoms with E-state index < -0.39 is 0 Å². The molecule has 10 aromatic carbocycles. The van der Waals surface area contributed by atoms with Crippen molar-refractivity contribution in [2.24, 2.45) is 0 Å². The maximum absolute atomic E-state index is 2.43. The van der Waals surface area contributed by atoms with E-state index in [1.165, 1.54) is 82.1 Å². The lowest BCUT2D eigenvalue weighted by Crippen LogP contribution is -2.09. The summed E-state index contributed by atoms with van der Waals surface area (Å²) >= 11 is 0. The predicted octanol–water partition coefficient (Wildman–Crippen LogP) is 15.0. The number of hydrogen-bond acceptors (Lipinski definition) is 1. The molecule has 56 heavy (non-hydrogen) atoms. The summed E-state index contributed by atoms with van der Waals surface area (Å²) in [5, 5.41) is 9.97. The number of hydrogen-bond donors (Lipinski definition) is 0. The molecule has 11 aromatic rings. The van der Waals surface area contributed by atoms with Gasteiger partial charge in [-0.3, -0.25) is 0 Å². The monoisotopic (exact) mass is 712 g/mol. The Morgan fingerprint density at radius 1 is 0.286 bits per heavy atom. The van der Waals surface area contributed by atoms with Crippen LogP contribution in [-0.2, 0) is 0 Å². The normalized spacial score (nSPS) is 11.6. The van der Waals surface area contributed by atoms with Crippen LogP contribution in [-0.4, -0.2) is 4.57 Å². The number of aromatic nitrogens is 1. The zero-order valence-corrected chi connectivity index (χ0v) is 30.7. The first-order valence-electron chi connectivity index (χ1n) is 19.3. The van der Waals surface area contributed by atoms with E-state index in [4.69, 9.17) is 0 Å². The highest BCUT2D eigenvalue weighted by atomic mass is 15.1. The summed E-state index contributed by atoms with van der Waals surface area (Å²) in [6.45, 7) is 0. The van der Waals surface area contributed by atoms with Gasteiger partial charge in [0.2, 0.25) is 0 Å². The number of rotatable bonds is 6. The van der Waals surface area contributed by atoms with E-state index in [0.717, 1.165) is 17.1 Å². The predicted molar refractivity (Wildman–Crippen MR) is 239 cm³/mol. The van der Waals surface area contributed by atoms with Gasteiger partial charge in [0, 0.05) is 33.2 Å². The van der Waals surface area contributed by atoms with Crippen molar-refractivity contribution in [1.29, 1.82) is 0 Å². The first-order valence-corrected chi connectivity index (χ1v) is 19.3. The Morgan fingerprint density at radius 3 is 1.41 bits per heavy atom. The molecule has 0 saturated heterocycles. The molecular weight excluding hydrogens is 677 g/mol. The van der Waals surface area contributed by atoms with Crippen molar-refractivity contribution in [3.8, 4) is 27.9 Å². The molecule has 0 amide bonds. The SMILES string of the molecule is c1ccc(-c2c3ccccc3c(-c3ccc(N(c4ccccc4)c4ccc5c(c4)c4ccccc4n5-c4cccc5ccccc45)cc3)c3ccccc23)cc1. The standard InChI is InChI=1S/C54H36N2/c1-3-17-38(18-4-1)53-45-24-9-11-26-47(45)54(48-27-12-10-25-46(48)53)39-30-32-41(33-31-39)55(40-20-5-2-6-21-40)42-34-35-52-49(36-42)44-23-13-14-28-51(44)56(52)50-29-15-19-37-16-7-8-22-43(37)50/h1-36H. The molecule has 0 unspecified atom stereocenters. The second-order valence-electron chi connectivity index (χ2n) is 14.5. The molecule has 0 saturated carbocycles. The Morgan fingerprint density at radius 2 is 0.750 bits per heavy atom. The molecule has 0 N–H and O–H groups in total. The number of nitrogens with zero attached hydrogens (tertiary/aromatic N) is 2. The van der Waals surface area contributed by atoms with Gasteiger partial charge in [-0.15, -0.1) is 0 Å². The van der Waals surface area contributed by atoms with Crippen LogP contribution in [0.25, 0.3) is 82.1 Å². The van der Waals surface area contributed by atoms with Crippen molar-refractivity contribution in [2.45, 2.75) is 0 Å². The summed E-state index contributed by atoms with van der Waals surface area (Å²) in [7, 11) is 0. The third-order valence-corrected chi connectivity index (χ3v) is 11.3. The number of para-hydroxylation sites is 2. The van der Waals surface area contributed by atoms with Gasteiger partial charge >= 0.3 is 0 Å². The van der Waals surface area contributed by atoms with Crippen LogP contribution in [0.15, 0.2) is 218 Å². The van der Waals surface area contributed by atoms with Crippen LogP contribution in [0, 0.1) is 0 Å². The fourth-order valence-electron chi connectivity index (χ4n) is 8.92. The third-order valence-electron chi connectivity index (χ3n) is 11.3. The molecule has 11 rings (SSSR count). The molecule has 0 spiro atoms. The Balaban J connectivity index is 1.08. The van der Waals surface area contributed by atoms with Gasteiger partial charge in [0.25, 0.3) is 0 Å². The Labute approximate surface area is 325 Å². The van der Waals surface area contributed by atoms with Crippen LogP contribution in [0.3, 0.4) is 0 Å². The molecule has 0 fully saturated rings. The quantitative estimate of drug-likeness (QED) is 0.156. The van der Waals surface area contributed by atoms with Gasteiger partial charge in [-0.1, -0.05) is 164 Å². The van der Waals surface area contributed by atoms with E-state index >= 15 is 0 Å². The van der Waals surface area contributed by atoms with Gasteiger partial charge in [-0.25, -0.2) is 0 Å². The van der Waals surface area contributed by atoms with Gasteiger partial charge in [0.1, 0.15) is 0 Å². The minimum atomic E-state index is 1.10. The molecule has 0 bridgehead atoms. The van der Waals surface area contributed by atoms with E-state index in [0.29, 0.717) is 0 Å². The van der Waals surface area contributed by atoms with Crippen molar-refractivity contribution in [3.63, 3.8) is 0 Å². The summed E-state index contributed by atoms with van der Waals surface area (Å²) in [5.41, 5.74) is 11.9. The maximum atomic E-state index is 2.43. The number of benzene rings is 10. The summed E-state index contributed by atoms with van der Waals surface area (Å²) in [4.78, 5) is 2.38. The lowest BCUT2D eigenvalue weighted by atomic mass is 9.86. The maximum Gasteiger partial charge on any atom is 0.0542 e. The third kappa shape index (κ3) is 5.11. The average Bonchev–Trinajstić information content (AvgIpc) is 3.60. The van der Waals surface area contributed by atoms with E-state index in [2.05, 4.69) is 228 Å².